The van der Waals surface area contributed by atoms with Gasteiger partial charge in [0.05, 0.1) is 17.4 Å². The minimum Gasteiger partial charge on any atom is -0.271 e. The topological polar surface area (TPSA) is 55.9 Å². The van der Waals surface area contributed by atoms with Crippen LogP contribution in [0.25, 0.3) is 0 Å². The number of aromatic nitrogens is 2. The zero-order valence-corrected chi connectivity index (χ0v) is 12.2. The fraction of sp³-hybridized carbons (Fsp3) is 0.400. The normalized spacial score (nSPS) is 12.7. The van der Waals surface area contributed by atoms with E-state index in [-0.39, 0.29) is 11.9 Å². The fourth-order valence-electron chi connectivity index (χ4n) is 2.35. The van der Waals surface area contributed by atoms with Gasteiger partial charge in [0.1, 0.15) is 5.82 Å². The van der Waals surface area contributed by atoms with Crippen molar-refractivity contribution >= 4 is 0 Å². The number of nitrogens with one attached hydrogen (secondary N) is 1. The van der Waals surface area contributed by atoms with E-state index in [2.05, 4.69) is 17.4 Å². The highest BCUT2D eigenvalue weighted by Gasteiger charge is 2.19. The molecule has 2 aromatic rings. The monoisotopic (exact) mass is 276 g/mol. The van der Waals surface area contributed by atoms with E-state index in [1.807, 2.05) is 23.7 Å². The molecule has 1 unspecified atom stereocenters. The third-order valence-electron chi connectivity index (χ3n) is 3.50. The fourth-order valence-corrected chi connectivity index (χ4v) is 2.35. The molecule has 1 heterocycles. The summed E-state index contributed by atoms with van der Waals surface area (Å²) in [6.45, 7) is 6.63. The summed E-state index contributed by atoms with van der Waals surface area (Å²) in [7, 11) is 0. The van der Waals surface area contributed by atoms with E-state index in [1.54, 1.807) is 13.0 Å². The molecule has 0 saturated carbocycles. The first-order chi connectivity index (χ1) is 9.60. The van der Waals surface area contributed by atoms with E-state index < -0.39 is 0 Å². The number of hydrazine groups is 1. The summed E-state index contributed by atoms with van der Waals surface area (Å²) in [6.07, 6.45) is 0.875. The Bertz CT molecular complexity index is 592. The van der Waals surface area contributed by atoms with Crippen molar-refractivity contribution in [3.8, 4) is 0 Å². The molecule has 1 aromatic heterocycles. The van der Waals surface area contributed by atoms with Gasteiger partial charge in [0, 0.05) is 6.54 Å². The average Bonchev–Trinajstić information content (AvgIpc) is 2.87. The van der Waals surface area contributed by atoms with Crippen LogP contribution >= 0.6 is 0 Å². The Hall–Kier alpha value is -1.72. The zero-order chi connectivity index (χ0) is 14.7. The smallest absolute Gasteiger partial charge is 0.126 e. The summed E-state index contributed by atoms with van der Waals surface area (Å²) in [6, 6.07) is 6.90. The van der Waals surface area contributed by atoms with Gasteiger partial charge >= 0.3 is 0 Å². The molecular weight excluding hydrogens is 255 g/mol. The Balaban J connectivity index is 2.45. The van der Waals surface area contributed by atoms with Crippen molar-refractivity contribution in [1.82, 2.24) is 15.2 Å². The predicted octanol–water partition coefficient (Wildman–Crippen LogP) is 2.47. The molecule has 0 aliphatic rings. The van der Waals surface area contributed by atoms with Crippen LogP contribution < -0.4 is 11.3 Å². The van der Waals surface area contributed by atoms with Gasteiger partial charge in [0.15, 0.2) is 0 Å². The van der Waals surface area contributed by atoms with E-state index >= 15 is 0 Å². The summed E-state index contributed by atoms with van der Waals surface area (Å²) in [5, 5.41) is 4.53. The molecule has 0 saturated heterocycles. The van der Waals surface area contributed by atoms with Gasteiger partial charge in [0.25, 0.3) is 0 Å². The molecular formula is C15H21FN4. The lowest BCUT2D eigenvalue weighted by Gasteiger charge is -2.18. The number of benzene rings is 1. The van der Waals surface area contributed by atoms with E-state index in [9.17, 15) is 4.39 Å². The van der Waals surface area contributed by atoms with E-state index in [4.69, 9.17) is 5.84 Å². The van der Waals surface area contributed by atoms with Gasteiger partial charge in [0.2, 0.25) is 0 Å². The summed E-state index contributed by atoms with van der Waals surface area (Å²) in [5.41, 5.74) is 6.38. The minimum atomic E-state index is -0.206. The second-order valence-electron chi connectivity index (χ2n) is 4.84. The highest BCUT2D eigenvalue weighted by molar-refractivity contribution is 5.32. The number of hydrogen-bond acceptors (Lipinski definition) is 3. The van der Waals surface area contributed by atoms with Crippen LogP contribution in [0.2, 0.25) is 0 Å². The maximum atomic E-state index is 13.4. The first kappa shape index (κ1) is 14.7. The minimum absolute atomic E-state index is 0.193. The van der Waals surface area contributed by atoms with Crippen LogP contribution in [0.4, 0.5) is 4.39 Å². The number of rotatable bonds is 5. The van der Waals surface area contributed by atoms with Crippen LogP contribution in [0, 0.1) is 12.7 Å². The Morgan fingerprint density at radius 1 is 1.35 bits per heavy atom. The Labute approximate surface area is 118 Å². The molecule has 0 spiro atoms. The summed E-state index contributed by atoms with van der Waals surface area (Å²) >= 11 is 0. The van der Waals surface area contributed by atoms with Gasteiger partial charge in [-0.05, 0) is 43.5 Å². The van der Waals surface area contributed by atoms with E-state index in [0.717, 1.165) is 29.9 Å². The second kappa shape index (κ2) is 6.15. The van der Waals surface area contributed by atoms with E-state index in [0.29, 0.717) is 5.56 Å². The lowest BCUT2D eigenvalue weighted by Crippen LogP contribution is -2.30. The highest BCUT2D eigenvalue weighted by Crippen LogP contribution is 2.24. The summed E-state index contributed by atoms with van der Waals surface area (Å²) in [4.78, 5) is 0. The third kappa shape index (κ3) is 2.73. The Kier molecular flexibility index (Phi) is 4.52. The van der Waals surface area contributed by atoms with Crippen molar-refractivity contribution < 1.29 is 4.39 Å². The van der Waals surface area contributed by atoms with Crippen molar-refractivity contribution in [2.45, 2.75) is 39.8 Å². The van der Waals surface area contributed by atoms with Crippen LogP contribution in [-0.2, 0) is 13.0 Å². The molecule has 2 rings (SSSR count). The summed E-state index contributed by atoms with van der Waals surface area (Å²) < 4.78 is 15.3. The second-order valence-corrected chi connectivity index (χ2v) is 4.84. The molecule has 0 radical (unpaired) electrons. The molecule has 20 heavy (non-hydrogen) atoms. The number of nitrogens with two attached hydrogens (primary N) is 1. The Morgan fingerprint density at radius 3 is 2.65 bits per heavy atom. The molecule has 0 fully saturated rings. The molecule has 1 aromatic carbocycles. The number of hydrogen-bond donors (Lipinski definition) is 2. The number of nitrogens with zero attached hydrogens (tertiary/aromatic N) is 2. The third-order valence-corrected chi connectivity index (χ3v) is 3.50. The standard InChI is InChI=1S/C15H21FN4/c1-4-12-9-14(20(5-2)19-12)15(18-17)11-6-7-13(16)10(3)8-11/h6-9,15,18H,4-5,17H2,1-3H3. The zero-order valence-electron chi connectivity index (χ0n) is 12.2. The summed E-state index contributed by atoms with van der Waals surface area (Å²) in [5.74, 6) is 5.51. The van der Waals surface area contributed by atoms with Crippen molar-refractivity contribution in [3.05, 3.63) is 52.6 Å². The van der Waals surface area contributed by atoms with Crippen molar-refractivity contribution in [2.75, 3.05) is 0 Å². The predicted molar refractivity (Wildman–Crippen MR) is 77.6 cm³/mol. The number of halogens is 1. The molecule has 4 nitrogen and oxygen atoms in total. The van der Waals surface area contributed by atoms with Crippen LogP contribution in [0.5, 0.6) is 0 Å². The van der Waals surface area contributed by atoms with Crippen molar-refractivity contribution in [2.24, 2.45) is 5.84 Å². The van der Waals surface area contributed by atoms with Gasteiger partial charge in [-0.3, -0.25) is 10.5 Å². The average molecular weight is 276 g/mol. The van der Waals surface area contributed by atoms with Crippen LogP contribution in [-0.4, -0.2) is 9.78 Å². The highest BCUT2D eigenvalue weighted by atomic mass is 19.1. The SMILES string of the molecule is CCc1cc(C(NN)c2ccc(F)c(C)c2)n(CC)n1. The molecule has 0 bridgehead atoms. The first-order valence-electron chi connectivity index (χ1n) is 6.89. The number of aryl methyl sites for hydroxylation is 3. The molecule has 3 N–H and O–H groups in total. The lowest BCUT2D eigenvalue weighted by molar-refractivity contribution is 0.539. The maximum Gasteiger partial charge on any atom is 0.126 e. The van der Waals surface area contributed by atoms with Crippen LogP contribution in [0.1, 0.15) is 42.4 Å². The molecule has 0 amide bonds. The quantitative estimate of drug-likeness (QED) is 0.651. The van der Waals surface area contributed by atoms with Crippen molar-refractivity contribution in [1.29, 1.82) is 0 Å². The lowest BCUT2D eigenvalue weighted by atomic mass is 10.0. The van der Waals surface area contributed by atoms with Gasteiger partial charge in [-0.15, -0.1) is 0 Å². The van der Waals surface area contributed by atoms with Crippen LogP contribution in [0.3, 0.4) is 0 Å². The molecule has 0 aliphatic carbocycles. The Morgan fingerprint density at radius 2 is 2.10 bits per heavy atom. The van der Waals surface area contributed by atoms with Gasteiger partial charge < -0.3 is 0 Å². The van der Waals surface area contributed by atoms with Crippen molar-refractivity contribution in [3.63, 3.8) is 0 Å². The molecule has 108 valence electrons. The largest absolute Gasteiger partial charge is 0.271 e. The van der Waals surface area contributed by atoms with Gasteiger partial charge in [-0.25, -0.2) is 9.82 Å². The maximum absolute atomic E-state index is 13.4. The van der Waals surface area contributed by atoms with E-state index in [1.165, 1.54) is 6.07 Å². The molecule has 0 aliphatic heterocycles. The molecule has 1 atom stereocenters. The van der Waals surface area contributed by atoms with Crippen LogP contribution in [0.15, 0.2) is 24.3 Å². The van der Waals surface area contributed by atoms with Gasteiger partial charge in [-0.1, -0.05) is 19.1 Å². The first-order valence-corrected chi connectivity index (χ1v) is 6.89. The van der Waals surface area contributed by atoms with Gasteiger partial charge in [-0.2, -0.15) is 5.10 Å². The molecule has 5 heteroatoms.